The predicted octanol–water partition coefficient (Wildman–Crippen LogP) is 0.119. The van der Waals surface area contributed by atoms with Gasteiger partial charge < -0.3 is 0 Å². The Morgan fingerprint density at radius 1 is 1.00 bits per heavy atom. The molecule has 0 saturated heterocycles. The van der Waals surface area contributed by atoms with Crippen molar-refractivity contribution in [3.05, 3.63) is 36.7 Å². The molecule has 0 spiro atoms. The molecule has 1 heterocycles. The fourth-order valence-corrected chi connectivity index (χ4v) is 3.11. The van der Waals surface area contributed by atoms with Crippen molar-refractivity contribution in [2.75, 3.05) is 11.8 Å². The fourth-order valence-electron chi connectivity index (χ4n) is 1.42. The Bertz CT molecular complexity index is 780. The van der Waals surface area contributed by atoms with Gasteiger partial charge >= 0.3 is 0 Å². The highest BCUT2D eigenvalue weighted by Crippen LogP contribution is 2.17. The summed E-state index contributed by atoms with van der Waals surface area (Å²) in [5, 5.41) is 5.96. The Kier molecular flexibility index (Phi) is 3.79. The molecule has 8 nitrogen and oxygen atoms in total. The van der Waals surface area contributed by atoms with Crippen molar-refractivity contribution in [3.63, 3.8) is 0 Å². The van der Waals surface area contributed by atoms with Crippen LogP contribution in [0.2, 0.25) is 0 Å². The van der Waals surface area contributed by atoms with E-state index in [-0.39, 0.29) is 15.5 Å². The number of benzene rings is 1. The maximum absolute atomic E-state index is 11.9. The molecule has 0 aliphatic heterocycles. The summed E-state index contributed by atoms with van der Waals surface area (Å²) in [7, 11) is -5.98. The summed E-state index contributed by atoms with van der Waals surface area (Å²) in [6.07, 6.45) is 2.41. The number of rotatable bonds is 5. The summed E-state index contributed by atoms with van der Waals surface area (Å²) < 4.78 is 51.3. The molecule has 2 rings (SSSR count). The standard InChI is InChI=1S/C10H12N4O4S2/c1-11-19(15,16)9-4-2-8(3-5-9)14-20(17,18)10-6-12-13-7-10/h2-7,11,14H,1H3,(H,12,13). The highest BCUT2D eigenvalue weighted by Gasteiger charge is 2.16. The maximum Gasteiger partial charge on any atom is 0.265 e. The Morgan fingerprint density at radius 3 is 2.15 bits per heavy atom. The number of H-pyrrole nitrogens is 1. The molecule has 0 unspecified atom stereocenters. The maximum atomic E-state index is 11.9. The predicted molar refractivity (Wildman–Crippen MR) is 72.1 cm³/mol. The van der Waals surface area contributed by atoms with Crippen LogP contribution in [-0.4, -0.2) is 34.1 Å². The summed E-state index contributed by atoms with van der Waals surface area (Å²) in [6.45, 7) is 0. The van der Waals surface area contributed by atoms with Crippen LogP contribution in [-0.2, 0) is 20.0 Å². The van der Waals surface area contributed by atoms with Crippen LogP contribution in [0.25, 0.3) is 0 Å². The van der Waals surface area contributed by atoms with Crippen LogP contribution in [0.4, 0.5) is 5.69 Å². The van der Waals surface area contributed by atoms with Crippen molar-refractivity contribution >= 4 is 25.7 Å². The first kappa shape index (κ1) is 14.5. The van der Waals surface area contributed by atoms with E-state index in [1.807, 2.05) is 0 Å². The zero-order chi connectivity index (χ0) is 14.8. The molecule has 0 aliphatic carbocycles. The van der Waals surface area contributed by atoms with Crippen LogP contribution in [0, 0.1) is 0 Å². The van der Waals surface area contributed by atoms with Gasteiger partial charge in [0.2, 0.25) is 10.0 Å². The second kappa shape index (κ2) is 5.23. The lowest BCUT2D eigenvalue weighted by atomic mass is 10.3. The minimum Gasteiger partial charge on any atom is -0.284 e. The number of hydrogen-bond acceptors (Lipinski definition) is 5. The molecule has 10 heteroatoms. The molecule has 0 aliphatic rings. The van der Waals surface area contributed by atoms with Gasteiger partial charge in [-0.3, -0.25) is 9.82 Å². The van der Waals surface area contributed by atoms with E-state index in [4.69, 9.17) is 0 Å². The van der Waals surface area contributed by atoms with Gasteiger partial charge in [-0.2, -0.15) is 5.10 Å². The molecule has 3 N–H and O–H groups in total. The van der Waals surface area contributed by atoms with E-state index in [9.17, 15) is 16.8 Å². The smallest absolute Gasteiger partial charge is 0.265 e. The van der Waals surface area contributed by atoms with Gasteiger partial charge in [-0.1, -0.05) is 0 Å². The van der Waals surface area contributed by atoms with Crippen molar-refractivity contribution in [1.29, 1.82) is 0 Å². The van der Waals surface area contributed by atoms with Crippen LogP contribution < -0.4 is 9.44 Å². The second-order valence-corrected chi connectivity index (χ2v) is 7.34. The van der Waals surface area contributed by atoms with E-state index in [0.717, 1.165) is 0 Å². The highest BCUT2D eigenvalue weighted by atomic mass is 32.2. The number of hydrogen-bond donors (Lipinski definition) is 3. The molecule has 0 radical (unpaired) electrons. The first-order valence-electron chi connectivity index (χ1n) is 5.40. The number of aromatic amines is 1. The van der Waals surface area contributed by atoms with Crippen LogP contribution in [0.3, 0.4) is 0 Å². The van der Waals surface area contributed by atoms with Crippen molar-refractivity contribution in [1.82, 2.24) is 14.9 Å². The summed E-state index contributed by atoms with van der Waals surface area (Å²) in [5.41, 5.74) is 0.251. The van der Waals surface area contributed by atoms with Gasteiger partial charge in [-0.15, -0.1) is 0 Å². The lowest BCUT2D eigenvalue weighted by molar-refractivity contribution is 0.588. The minimum absolute atomic E-state index is 0.00979. The lowest BCUT2D eigenvalue weighted by Crippen LogP contribution is -2.18. The monoisotopic (exact) mass is 316 g/mol. The molecule has 0 atom stereocenters. The first-order valence-corrected chi connectivity index (χ1v) is 8.37. The van der Waals surface area contributed by atoms with Crippen molar-refractivity contribution in [2.45, 2.75) is 9.79 Å². The second-order valence-electron chi connectivity index (χ2n) is 3.77. The zero-order valence-corrected chi connectivity index (χ0v) is 12.0. The molecule has 0 fully saturated rings. The van der Waals surface area contributed by atoms with Gasteiger partial charge in [0.1, 0.15) is 4.90 Å². The summed E-state index contributed by atoms with van der Waals surface area (Å²) in [5.74, 6) is 0. The highest BCUT2D eigenvalue weighted by molar-refractivity contribution is 7.92. The molecular formula is C10H12N4O4S2. The van der Waals surface area contributed by atoms with Crippen molar-refractivity contribution < 1.29 is 16.8 Å². The van der Waals surface area contributed by atoms with Crippen LogP contribution in [0.15, 0.2) is 46.5 Å². The third kappa shape index (κ3) is 2.98. The summed E-state index contributed by atoms with van der Waals surface area (Å²) in [4.78, 5) is 0.0377. The number of sulfonamides is 2. The minimum atomic E-state index is -3.73. The Balaban J connectivity index is 2.25. The third-order valence-electron chi connectivity index (χ3n) is 2.47. The molecule has 0 amide bonds. The van der Waals surface area contributed by atoms with E-state index in [1.54, 1.807) is 0 Å². The van der Waals surface area contributed by atoms with Gasteiger partial charge in [0.05, 0.1) is 11.1 Å². The molecular weight excluding hydrogens is 304 g/mol. The fraction of sp³-hybridized carbons (Fsp3) is 0.100. The first-order chi connectivity index (χ1) is 9.35. The summed E-state index contributed by atoms with van der Waals surface area (Å²) in [6, 6.07) is 5.34. The topological polar surface area (TPSA) is 121 Å². The Hall–Kier alpha value is -1.91. The molecule has 0 bridgehead atoms. The number of nitrogens with zero attached hydrogens (tertiary/aromatic N) is 1. The van der Waals surface area contributed by atoms with Crippen LogP contribution >= 0.6 is 0 Å². The summed E-state index contributed by atoms with van der Waals surface area (Å²) >= 11 is 0. The van der Waals surface area contributed by atoms with E-state index in [0.29, 0.717) is 0 Å². The number of nitrogens with one attached hydrogen (secondary N) is 3. The number of aromatic nitrogens is 2. The lowest BCUT2D eigenvalue weighted by Gasteiger charge is -2.07. The molecule has 0 saturated carbocycles. The van der Waals surface area contributed by atoms with Gasteiger partial charge in [-0.25, -0.2) is 21.6 Å². The van der Waals surface area contributed by atoms with Gasteiger partial charge in [0.15, 0.2) is 0 Å². The average molecular weight is 316 g/mol. The number of anilines is 1. The van der Waals surface area contributed by atoms with Gasteiger partial charge in [-0.05, 0) is 31.3 Å². The SMILES string of the molecule is CNS(=O)(=O)c1ccc(NS(=O)(=O)c2cn[nH]c2)cc1. The van der Waals surface area contributed by atoms with Crippen LogP contribution in [0.1, 0.15) is 0 Å². The van der Waals surface area contributed by atoms with E-state index >= 15 is 0 Å². The van der Waals surface area contributed by atoms with Gasteiger partial charge in [0, 0.05) is 11.9 Å². The van der Waals surface area contributed by atoms with Crippen molar-refractivity contribution in [3.8, 4) is 0 Å². The normalized spacial score (nSPS) is 12.2. The molecule has 1 aromatic heterocycles. The average Bonchev–Trinajstić information content (AvgIpc) is 2.93. The van der Waals surface area contributed by atoms with Crippen LogP contribution in [0.5, 0.6) is 0 Å². The molecule has 108 valence electrons. The third-order valence-corrected chi connectivity index (χ3v) is 5.25. The van der Waals surface area contributed by atoms with Gasteiger partial charge in [0.25, 0.3) is 10.0 Å². The molecule has 1 aromatic carbocycles. The molecule has 20 heavy (non-hydrogen) atoms. The zero-order valence-electron chi connectivity index (χ0n) is 10.4. The van der Waals surface area contributed by atoms with E-state index in [1.165, 1.54) is 43.7 Å². The molecule has 2 aromatic rings. The van der Waals surface area contributed by atoms with E-state index in [2.05, 4.69) is 19.6 Å². The largest absolute Gasteiger partial charge is 0.284 e. The van der Waals surface area contributed by atoms with Crippen molar-refractivity contribution in [2.24, 2.45) is 0 Å². The van der Waals surface area contributed by atoms with E-state index < -0.39 is 20.0 Å². The Labute approximate surface area is 116 Å². The quantitative estimate of drug-likeness (QED) is 0.723. The Morgan fingerprint density at radius 2 is 1.65 bits per heavy atom.